The highest BCUT2D eigenvalue weighted by Crippen LogP contribution is 2.53. The highest BCUT2D eigenvalue weighted by molar-refractivity contribution is 6.15. The number of aldehydes is 1. The van der Waals surface area contributed by atoms with Gasteiger partial charge >= 0.3 is 5.97 Å². The van der Waals surface area contributed by atoms with E-state index >= 15 is 0 Å². The minimum absolute atomic E-state index is 0.0133. The van der Waals surface area contributed by atoms with Crippen LogP contribution in [0.1, 0.15) is 109 Å². The van der Waals surface area contributed by atoms with Crippen molar-refractivity contribution < 1.29 is 49.0 Å². The molecule has 0 saturated heterocycles. The molecule has 2 aliphatic heterocycles. The summed E-state index contributed by atoms with van der Waals surface area (Å²) in [5, 5.41) is 41.7. The second kappa shape index (κ2) is 14.2. The van der Waals surface area contributed by atoms with Crippen molar-refractivity contribution in [2.24, 2.45) is 11.8 Å². The van der Waals surface area contributed by atoms with Gasteiger partial charge in [-0.05, 0) is 107 Å². The average Bonchev–Trinajstić information content (AvgIpc) is 3.00. The quantitative estimate of drug-likeness (QED) is 0.106. The molecule has 10 heteroatoms. The summed E-state index contributed by atoms with van der Waals surface area (Å²) >= 11 is 0. The average molecular weight is 681 g/mol. The molecule has 49 heavy (non-hydrogen) atoms. The zero-order chi connectivity index (χ0) is 36.6. The van der Waals surface area contributed by atoms with Crippen molar-refractivity contribution in [1.82, 2.24) is 0 Å². The first-order valence-electron chi connectivity index (χ1n) is 17.0. The number of aliphatic hydroxyl groups excluding tert-OH is 1. The van der Waals surface area contributed by atoms with Crippen LogP contribution in [0.4, 0.5) is 0 Å². The third kappa shape index (κ3) is 8.19. The maximum absolute atomic E-state index is 14.4. The molecule has 0 radical (unpaired) electrons. The van der Waals surface area contributed by atoms with Gasteiger partial charge in [0, 0.05) is 28.5 Å². The smallest absolute Gasteiger partial charge is 0.330 e. The summed E-state index contributed by atoms with van der Waals surface area (Å²) in [6.07, 6.45) is 9.04. The molecule has 3 aliphatic rings. The van der Waals surface area contributed by atoms with Gasteiger partial charge in [-0.15, -0.1) is 0 Å². The fourth-order valence-corrected chi connectivity index (χ4v) is 6.78. The molecular formula is C39H52O10. The van der Waals surface area contributed by atoms with E-state index in [2.05, 4.69) is 0 Å². The molecule has 0 aromatic heterocycles. The van der Waals surface area contributed by atoms with Crippen LogP contribution in [0.2, 0.25) is 0 Å². The molecule has 0 bridgehead atoms. The van der Waals surface area contributed by atoms with Crippen LogP contribution >= 0.6 is 0 Å². The predicted octanol–water partition coefficient (Wildman–Crippen LogP) is 6.29. The van der Waals surface area contributed by atoms with Crippen LogP contribution in [0.25, 0.3) is 6.08 Å². The summed E-state index contributed by atoms with van der Waals surface area (Å²) in [6, 6.07) is 0. The Morgan fingerprint density at radius 2 is 1.84 bits per heavy atom. The lowest BCUT2D eigenvalue weighted by Gasteiger charge is -2.46. The Balaban J connectivity index is 1.79. The van der Waals surface area contributed by atoms with Crippen molar-refractivity contribution in [2.45, 2.75) is 130 Å². The second-order valence-corrected chi connectivity index (χ2v) is 15.3. The van der Waals surface area contributed by atoms with E-state index in [0.29, 0.717) is 42.6 Å². The number of hydrogen-bond acceptors (Lipinski definition) is 9. The number of carbonyl (C=O) groups excluding carboxylic acids is 2. The van der Waals surface area contributed by atoms with Crippen LogP contribution < -0.4 is 9.47 Å². The molecule has 1 aromatic rings. The van der Waals surface area contributed by atoms with Gasteiger partial charge < -0.3 is 39.4 Å². The standard InChI is InChI=1S/C39H52O10/c1-21(2)10-13-26-33-25(14-16-39(9,49-33)17-15-29(41)37(5,6)46)31(42)30-32(43)27-18-24(20-40)19-28(34(27)47-35(26)30)38(7,8)48-23(4)12-11-22(3)36(44)45/h10-11,14,16,18,20,23-24,28-29,34,41-42,46H,12-13,15,17,19H2,1-9H3,(H,44,45)/b22-11-/t23?,24?,28-,29?,34?,39+/m0/s1. The molecule has 0 fully saturated rings. The van der Waals surface area contributed by atoms with Crippen LogP contribution in [-0.4, -0.2) is 73.6 Å². The lowest BCUT2D eigenvalue weighted by molar-refractivity contribution is -0.132. The summed E-state index contributed by atoms with van der Waals surface area (Å²) < 4.78 is 19.9. The number of carboxylic acids is 1. The van der Waals surface area contributed by atoms with E-state index in [1.54, 1.807) is 38.2 Å². The summed E-state index contributed by atoms with van der Waals surface area (Å²) in [6.45, 7) is 16.0. The van der Waals surface area contributed by atoms with E-state index in [1.807, 2.05) is 47.6 Å². The van der Waals surface area contributed by atoms with Gasteiger partial charge in [-0.2, -0.15) is 0 Å². The van der Waals surface area contributed by atoms with Crippen molar-refractivity contribution in [3.63, 3.8) is 0 Å². The fourth-order valence-electron chi connectivity index (χ4n) is 6.78. The number of fused-ring (bicyclic) bond motifs is 3. The molecule has 6 atom stereocenters. The van der Waals surface area contributed by atoms with Gasteiger partial charge in [-0.3, -0.25) is 4.79 Å². The highest BCUT2D eigenvalue weighted by Gasteiger charge is 2.50. The topological polar surface area (TPSA) is 160 Å². The maximum atomic E-state index is 14.4. The second-order valence-electron chi connectivity index (χ2n) is 15.3. The molecule has 1 aliphatic carbocycles. The zero-order valence-electron chi connectivity index (χ0n) is 30.1. The van der Waals surface area contributed by atoms with E-state index < -0.39 is 52.6 Å². The number of ether oxygens (including phenoxy) is 3. The predicted molar refractivity (Wildman–Crippen MR) is 186 cm³/mol. The molecule has 4 N–H and O–H groups in total. The van der Waals surface area contributed by atoms with E-state index in [-0.39, 0.29) is 40.7 Å². The molecule has 0 amide bonds. The normalized spacial score (nSPS) is 24.7. The number of aromatic hydroxyl groups is 1. The van der Waals surface area contributed by atoms with E-state index in [9.17, 15) is 34.8 Å². The lowest BCUT2D eigenvalue weighted by atomic mass is 9.70. The van der Waals surface area contributed by atoms with Gasteiger partial charge in [0.1, 0.15) is 40.8 Å². The molecule has 1 aromatic carbocycles. The number of phenolic OH excluding ortho intramolecular Hbond substituents is 1. The number of benzene rings is 1. The number of rotatable bonds is 13. The zero-order valence-corrected chi connectivity index (χ0v) is 30.1. The van der Waals surface area contributed by atoms with Crippen molar-refractivity contribution in [3.8, 4) is 17.2 Å². The number of aliphatic carboxylic acids is 1. The number of carboxylic acid groups (broad SMARTS) is 1. The Morgan fingerprint density at radius 3 is 2.43 bits per heavy atom. The first-order chi connectivity index (χ1) is 22.7. The first-order valence-corrected chi connectivity index (χ1v) is 17.0. The third-order valence-corrected chi connectivity index (χ3v) is 9.89. The molecule has 10 nitrogen and oxygen atoms in total. The van der Waals surface area contributed by atoms with Crippen LogP contribution in [0, 0.1) is 11.8 Å². The maximum Gasteiger partial charge on any atom is 0.330 e. The summed E-state index contributed by atoms with van der Waals surface area (Å²) in [5.41, 5.74) is -0.635. The number of ketones is 1. The van der Waals surface area contributed by atoms with Gasteiger partial charge in [-0.1, -0.05) is 23.8 Å². The van der Waals surface area contributed by atoms with Crippen molar-refractivity contribution >= 4 is 24.1 Å². The van der Waals surface area contributed by atoms with Gasteiger partial charge in [0.05, 0.1) is 29.0 Å². The van der Waals surface area contributed by atoms with Gasteiger partial charge in [0.25, 0.3) is 0 Å². The Morgan fingerprint density at radius 1 is 1.16 bits per heavy atom. The molecule has 2 heterocycles. The van der Waals surface area contributed by atoms with Crippen LogP contribution in [-0.2, 0) is 20.7 Å². The molecular weight excluding hydrogens is 628 g/mol. The Hall–Kier alpha value is -3.73. The number of carbonyl (C=O) groups is 3. The van der Waals surface area contributed by atoms with E-state index in [0.717, 1.165) is 11.9 Å². The molecule has 4 rings (SSSR count). The number of aliphatic hydroxyl groups is 2. The van der Waals surface area contributed by atoms with Gasteiger partial charge in [-0.25, -0.2) is 4.79 Å². The van der Waals surface area contributed by atoms with E-state index in [4.69, 9.17) is 14.2 Å². The summed E-state index contributed by atoms with van der Waals surface area (Å²) in [4.78, 5) is 37.9. The Bertz CT molecular complexity index is 1600. The number of Topliss-reactive ketones (excluding diaryl/α,β-unsaturated/α-hetero) is 1. The largest absolute Gasteiger partial charge is 0.506 e. The Kier molecular flexibility index (Phi) is 11.1. The van der Waals surface area contributed by atoms with Crippen molar-refractivity contribution in [3.05, 3.63) is 57.7 Å². The molecule has 0 saturated carbocycles. The number of hydrogen-bond donors (Lipinski definition) is 4. The SMILES string of the molecule is CC(C)=CCc1c2c(c(O)c3c1OC1C(=CC(C=O)C[C@@H]1C(C)(C)OC(C)C/C=C(/C)C(=O)O)C3=O)C=C[C@](C)(CCC(O)C(C)(C)O)O2. The van der Waals surface area contributed by atoms with Gasteiger partial charge in [0.15, 0.2) is 5.78 Å². The van der Waals surface area contributed by atoms with Crippen molar-refractivity contribution in [2.75, 3.05) is 0 Å². The van der Waals surface area contributed by atoms with Crippen LogP contribution in [0.3, 0.4) is 0 Å². The third-order valence-electron chi connectivity index (χ3n) is 9.89. The lowest BCUT2D eigenvalue weighted by Crippen LogP contribution is -2.51. The first kappa shape index (κ1) is 38.1. The molecule has 268 valence electrons. The Labute approximate surface area is 289 Å². The number of phenols is 1. The monoisotopic (exact) mass is 680 g/mol. The van der Waals surface area contributed by atoms with Crippen LogP contribution in [0.15, 0.2) is 41.0 Å². The highest BCUT2D eigenvalue weighted by atomic mass is 16.5. The van der Waals surface area contributed by atoms with E-state index in [1.165, 1.54) is 6.92 Å². The summed E-state index contributed by atoms with van der Waals surface area (Å²) in [5.74, 6) is -2.16. The number of allylic oxidation sites excluding steroid dienone is 3. The van der Waals surface area contributed by atoms with Gasteiger partial charge in [0.2, 0.25) is 0 Å². The summed E-state index contributed by atoms with van der Waals surface area (Å²) in [7, 11) is 0. The van der Waals surface area contributed by atoms with Crippen LogP contribution in [0.5, 0.6) is 17.2 Å². The minimum Gasteiger partial charge on any atom is -0.506 e. The molecule has 0 spiro atoms. The van der Waals surface area contributed by atoms with Crippen molar-refractivity contribution in [1.29, 1.82) is 0 Å². The molecule has 4 unspecified atom stereocenters. The fraction of sp³-hybridized carbons (Fsp3) is 0.564. The minimum atomic E-state index is -1.29.